The van der Waals surface area contributed by atoms with Gasteiger partial charge in [0.15, 0.2) is 0 Å². The second-order valence-corrected chi connectivity index (χ2v) is 6.98. The van der Waals surface area contributed by atoms with E-state index in [1.807, 2.05) is 37.3 Å². The van der Waals surface area contributed by atoms with E-state index in [0.717, 1.165) is 11.6 Å². The zero-order valence-corrected chi connectivity index (χ0v) is 16.4. The van der Waals surface area contributed by atoms with Crippen molar-refractivity contribution in [1.82, 2.24) is 14.6 Å². The normalized spacial score (nSPS) is 11.5. The van der Waals surface area contributed by atoms with Gasteiger partial charge < -0.3 is 10.6 Å². The van der Waals surface area contributed by atoms with Crippen molar-refractivity contribution in [1.29, 1.82) is 0 Å². The molecule has 3 aromatic heterocycles. The first-order chi connectivity index (χ1) is 14.8. The molecule has 0 saturated heterocycles. The lowest BCUT2D eigenvalue weighted by Crippen LogP contribution is -2.13. The maximum Gasteiger partial charge on any atom is 0.433 e. The number of hydrogen-bond donors (Lipinski definition) is 2. The number of aryl methyl sites for hydroxylation is 1. The molecule has 0 unspecified atom stereocenters. The number of nitrogens with one attached hydrogen (secondary N) is 2. The van der Waals surface area contributed by atoms with Crippen molar-refractivity contribution in [2.75, 3.05) is 10.6 Å². The molecule has 4 aromatic rings. The number of pyridine rings is 2. The van der Waals surface area contributed by atoms with Crippen LogP contribution in [0.15, 0.2) is 67.1 Å². The molecule has 1 amide bonds. The lowest BCUT2D eigenvalue weighted by molar-refractivity contribution is -0.141. The fraction of sp³-hybridized carbons (Fsp3) is 0.136. The van der Waals surface area contributed by atoms with Crippen LogP contribution in [-0.2, 0) is 12.7 Å². The molecule has 158 valence electrons. The van der Waals surface area contributed by atoms with E-state index in [1.165, 1.54) is 18.5 Å². The number of aromatic nitrogens is 3. The molecule has 0 radical (unpaired) electrons. The van der Waals surface area contributed by atoms with Gasteiger partial charge in [-0.3, -0.25) is 9.78 Å². The molecule has 0 aliphatic rings. The monoisotopic (exact) mass is 425 g/mol. The van der Waals surface area contributed by atoms with Crippen LogP contribution in [0.25, 0.3) is 5.52 Å². The van der Waals surface area contributed by atoms with E-state index in [-0.39, 0.29) is 12.5 Å². The highest BCUT2D eigenvalue weighted by Crippen LogP contribution is 2.27. The Morgan fingerprint density at radius 1 is 1.10 bits per heavy atom. The van der Waals surface area contributed by atoms with Crippen LogP contribution in [0.4, 0.5) is 24.5 Å². The predicted octanol–water partition coefficient (Wildman–Crippen LogP) is 4.92. The standard InChI is InChI=1S/C22H18F3N5O/c1-14-5-7-16(26-11-15-6-8-20(27-12-15)22(23,24)25)10-18(14)29-21(31)17-13-28-30-9-3-2-4-19(17)30/h2-10,12-13,26H,11H2,1H3,(H,29,31). The van der Waals surface area contributed by atoms with E-state index in [2.05, 4.69) is 20.7 Å². The molecule has 0 saturated carbocycles. The van der Waals surface area contributed by atoms with E-state index >= 15 is 0 Å². The number of carbonyl (C=O) groups excluding carboxylic acids is 1. The first kappa shape index (κ1) is 20.4. The van der Waals surface area contributed by atoms with Crippen molar-refractivity contribution in [2.24, 2.45) is 0 Å². The molecular formula is C22H18F3N5O. The molecule has 4 rings (SSSR count). The van der Waals surface area contributed by atoms with Gasteiger partial charge in [-0.15, -0.1) is 0 Å². The number of carbonyl (C=O) groups is 1. The molecular weight excluding hydrogens is 407 g/mol. The summed E-state index contributed by atoms with van der Waals surface area (Å²) in [4.78, 5) is 16.2. The van der Waals surface area contributed by atoms with Crippen molar-refractivity contribution < 1.29 is 18.0 Å². The Labute approximate surface area is 175 Å². The van der Waals surface area contributed by atoms with Crippen LogP contribution < -0.4 is 10.6 Å². The summed E-state index contributed by atoms with van der Waals surface area (Å²) >= 11 is 0. The van der Waals surface area contributed by atoms with Crippen molar-refractivity contribution in [3.63, 3.8) is 0 Å². The summed E-state index contributed by atoms with van der Waals surface area (Å²) in [5.41, 5.74) is 3.02. The van der Waals surface area contributed by atoms with Gasteiger partial charge in [0.1, 0.15) is 5.69 Å². The summed E-state index contributed by atoms with van der Waals surface area (Å²) in [5, 5.41) is 10.2. The summed E-state index contributed by atoms with van der Waals surface area (Å²) in [6.07, 6.45) is 0.00663. The van der Waals surface area contributed by atoms with Gasteiger partial charge in [0.25, 0.3) is 5.91 Å². The van der Waals surface area contributed by atoms with E-state index in [0.29, 0.717) is 28.0 Å². The molecule has 0 spiro atoms. The Bertz CT molecular complexity index is 1230. The van der Waals surface area contributed by atoms with Crippen molar-refractivity contribution in [2.45, 2.75) is 19.6 Å². The quantitative estimate of drug-likeness (QED) is 0.476. The van der Waals surface area contributed by atoms with Crippen LogP contribution in [0.2, 0.25) is 0 Å². The van der Waals surface area contributed by atoms with Gasteiger partial charge in [-0.2, -0.15) is 18.3 Å². The summed E-state index contributed by atoms with van der Waals surface area (Å²) in [6, 6.07) is 13.3. The van der Waals surface area contributed by atoms with Crippen LogP contribution in [0.3, 0.4) is 0 Å². The lowest BCUT2D eigenvalue weighted by atomic mass is 10.1. The van der Waals surface area contributed by atoms with Crippen molar-refractivity contribution in [3.8, 4) is 0 Å². The molecule has 2 N–H and O–H groups in total. The number of alkyl halides is 3. The third-order valence-electron chi connectivity index (χ3n) is 4.77. The molecule has 0 aliphatic heterocycles. The topological polar surface area (TPSA) is 71.3 Å². The molecule has 0 aliphatic carbocycles. The summed E-state index contributed by atoms with van der Waals surface area (Å²) in [5.74, 6) is -0.284. The lowest BCUT2D eigenvalue weighted by Gasteiger charge is -2.12. The average Bonchev–Trinajstić information content (AvgIpc) is 3.18. The Hall–Kier alpha value is -3.88. The maximum absolute atomic E-state index is 12.8. The van der Waals surface area contributed by atoms with Crippen LogP contribution in [-0.4, -0.2) is 20.5 Å². The molecule has 9 heteroatoms. The Kier molecular flexibility index (Phi) is 5.33. The Morgan fingerprint density at radius 2 is 1.94 bits per heavy atom. The van der Waals surface area contributed by atoms with Gasteiger partial charge in [-0.25, -0.2) is 4.52 Å². The van der Waals surface area contributed by atoms with Crippen LogP contribution >= 0.6 is 0 Å². The summed E-state index contributed by atoms with van der Waals surface area (Å²) in [7, 11) is 0. The second kappa shape index (κ2) is 8.10. The van der Waals surface area contributed by atoms with Crippen molar-refractivity contribution in [3.05, 3.63) is 89.5 Å². The predicted molar refractivity (Wildman–Crippen MR) is 111 cm³/mol. The van der Waals surface area contributed by atoms with Gasteiger partial charge >= 0.3 is 6.18 Å². The van der Waals surface area contributed by atoms with Gasteiger partial charge in [-0.05, 0) is 48.4 Å². The van der Waals surface area contributed by atoms with Gasteiger partial charge in [0.05, 0.1) is 17.3 Å². The number of nitrogens with zero attached hydrogens (tertiary/aromatic N) is 3. The van der Waals surface area contributed by atoms with Crippen molar-refractivity contribution >= 4 is 22.8 Å². The molecule has 0 atom stereocenters. The summed E-state index contributed by atoms with van der Waals surface area (Å²) in [6.45, 7) is 2.16. The number of hydrogen-bond acceptors (Lipinski definition) is 4. The number of fused-ring (bicyclic) bond motifs is 1. The Balaban J connectivity index is 1.46. The smallest absolute Gasteiger partial charge is 0.381 e. The highest BCUT2D eigenvalue weighted by atomic mass is 19.4. The summed E-state index contributed by atoms with van der Waals surface area (Å²) < 4.78 is 39.5. The zero-order chi connectivity index (χ0) is 22.0. The number of benzene rings is 1. The van der Waals surface area contributed by atoms with Crippen LogP contribution in [0, 0.1) is 6.92 Å². The Morgan fingerprint density at radius 3 is 2.68 bits per heavy atom. The van der Waals surface area contributed by atoms with Gasteiger partial charge in [0, 0.05) is 30.3 Å². The minimum atomic E-state index is -4.46. The fourth-order valence-electron chi connectivity index (χ4n) is 3.07. The van der Waals surface area contributed by atoms with E-state index in [4.69, 9.17) is 0 Å². The van der Waals surface area contributed by atoms with E-state index < -0.39 is 11.9 Å². The maximum atomic E-state index is 12.8. The number of anilines is 2. The first-order valence-corrected chi connectivity index (χ1v) is 9.41. The molecule has 1 aromatic carbocycles. The molecule has 3 heterocycles. The van der Waals surface area contributed by atoms with Crippen LogP contribution in [0.1, 0.15) is 27.2 Å². The zero-order valence-electron chi connectivity index (χ0n) is 16.4. The van der Waals surface area contributed by atoms with E-state index in [1.54, 1.807) is 16.8 Å². The molecule has 0 fully saturated rings. The average molecular weight is 425 g/mol. The van der Waals surface area contributed by atoms with Gasteiger partial charge in [0.2, 0.25) is 0 Å². The molecule has 31 heavy (non-hydrogen) atoms. The minimum absolute atomic E-state index is 0.284. The molecule has 0 bridgehead atoms. The number of amides is 1. The first-order valence-electron chi connectivity index (χ1n) is 9.41. The van der Waals surface area contributed by atoms with Gasteiger partial charge in [-0.1, -0.05) is 18.2 Å². The number of rotatable bonds is 5. The minimum Gasteiger partial charge on any atom is -0.381 e. The van der Waals surface area contributed by atoms with Crippen LogP contribution in [0.5, 0.6) is 0 Å². The highest BCUT2D eigenvalue weighted by Gasteiger charge is 2.31. The molecule has 6 nitrogen and oxygen atoms in total. The third-order valence-corrected chi connectivity index (χ3v) is 4.77. The second-order valence-electron chi connectivity index (χ2n) is 6.98. The largest absolute Gasteiger partial charge is 0.433 e. The SMILES string of the molecule is Cc1ccc(NCc2ccc(C(F)(F)F)nc2)cc1NC(=O)c1cnn2ccccc12. The highest BCUT2D eigenvalue weighted by molar-refractivity contribution is 6.09. The fourth-order valence-corrected chi connectivity index (χ4v) is 3.07. The third kappa shape index (κ3) is 4.50. The van der Waals surface area contributed by atoms with E-state index in [9.17, 15) is 18.0 Å². The number of halogens is 3.